The standard InChI is InChI=1S/C18H22ClN/c1-12-8-14(3)17(9-13(12)2)18(20-4)11-15-6-5-7-16(19)10-15/h5-10,18,20H,11H2,1-4H3. The van der Waals surface area contributed by atoms with Crippen LogP contribution in [0.15, 0.2) is 36.4 Å². The van der Waals surface area contributed by atoms with Gasteiger partial charge in [0, 0.05) is 11.1 Å². The molecule has 106 valence electrons. The lowest BCUT2D eigenvalue weighted by atomic mass is 9.92. The summed E-state index contributed by atoms with van der Waals surface area (Å²) in [6.45, 7) is 6.52. The highest BCUT2D eigenvalue weighted by Gasteiger charge is 2.14. The van der Waals surface area contributed by atoms with Gasteiger partial charge in [0.25, 0.3) is 0 Å². The third-order valence-corrected chi connectivity index (χ3v) is 4.17. The number of rotatable bonds is 4. The third-order valence-electron chi connectivity index (χ3n) is 3.94. The van der Waals surface area contributed by atoms with E-state index in [1.165, 1.54) is 27.8 Å². The van der Waals surface area contributed by atoms with Crippen LogP contribution in [0.25, 0.3) is 0 Å². The van der Waals surface area contributed by atoms with Gasteiger partial charge in [0.2, 0.25) is 0 Å². The van der Waals surface area contributed by atoms with E-state index in [4.69, 9.17) is 11.6 Å². The highest BCUT2D eigenvalue weighted by Crippen LogP contribution is 2.25. The SMILES string of the molecule is CNC(Cc1cccc(Cl)c1)c1cc(C)c(C)cc1C. The minimum atomic E-state index is 0.313. The van der Waals surface area contributed by atoms with Crippen molar-refractivity contribution in [3.63, 3.8) is 0 Å². The molecule has 0 radical (unpaired) electrons. The van der Waals surface area contributed by atoms with Crippen LogP contribution in [0.4, 0.5) is 0 Å². The normalized spacial score (nSPS) is 12.4. The number of benzene rings is 2. The van der Waals surface area contributed by atoms with Crippen LogP contribution < -0.4 is 5.32 Å². The van der Waals surface area contributed by atoms with Crippen LogP contribution in [0, 0.1) is 20.8 Å². The topological polar surface area (TPSA) is 12.0 Å². The summed E-state index contributed by atoms with van der Waals surface area (Å²) in [7, 11) is 2.02. The summed E-state index contributed by atoms with van der Waals surface area (Å²) >= 11 is 6.07. The minimum absolute atomic E-state index is 0.313. The van der Waals surface area contributed by atoms with Crippen molar-refractivity contribution < 1.29 is 0 Å². The van der Waals surface area contributed by atoms with Crippen molar-refractivity contribution in [1.29, 1.82) is 0 Å². The molecular formula is C18H22ClN. The van der Waals surface area contributed by atoms with E-state index in [1.807, 2.05) is 25.2 Å². The lowest BCUT2D eigenvalue weighted by molar-refractivity contribution is 0.588. The number of nitrogens with one attached hydrogen (secondary N) is 1. The average molecular weight is 288 g/mol. The largest absolute Gasteiger partial charge is 0.313 e. The Hall–Kier alpha value is -1.31. The monoisotopic (exact) mass is 287 g/mol. The summed E-state index contributed by atoms with van der Waals surface area (Å²) in [5.74, 6) is 0. The lowest BCUT2D eigenvalue weighted by Crippen LogP contribution is -2.20. The summed E-state index contributed by atoms with van der Waals surface area (Å²) in [5, 5.41) is 4.23. The molecule has 0 aliphatic heterocycles. The van der Waals surface area contributed by atoms with E-state index in [9.17, 15) is 0 Å². The first-order valence-electron chi connectivity index (χ1n) is 7.00. The van der Waals surface area contributed by atoms with Crippen molar-refractivity contribution in [3.8, 4) is 0 Å². The van der Waals surface area contributed by atoms with Gasteiger partial charge in [-0.1, -0.05) is 35.9 Å². The zero-order valence-corrected chi connectivity index (χ0v) is 13.4. The number of likely N-dealkylation sites (N-methyl/N-ethyl adjacent to an activating group) is 1. The molecule has 2 aromatic carbocycles. The molecule has 1 atom stereocenters. The van der Waals surface area contributed by atoms with Crippen molar-refractivity contribution in [2.75, 3.05) is 7.05 Å². The van der Waals surface area contributed by atoms with Crippen LogP contribution in [-0.4, -0.2) is 7.05 Å². The van der Waals surface area contributed by atoms with Gasteiger partial charge < -0.3 is 5.32 Å². The van der Waals surface area contributed by atoms with Crippen LogP contribution in [0.5, 0.6) is 0 Å². The van der Waals surface area contributed by atoms with Crippen molar-refractivity contribution in [2.45, 2.75) is 33.2 Å². The minimum Gasteiger partial charge on any atom is -0.313 e. The maximum Gasteiger partial charge on any atom is 0.0408 e. The Morgan fingerprint density at radius 1 is 1.00 bits per heavy atom. The molecule has 20 heavy (non-hydrogen) atoms. The van der Waals surface area contributed by atoms with Crippen molar-refractivity contribution in [3.05, 3.63) is 69.2 Å². The fourth-order valence-corrected chi connectivity index (χ4v) is 2.84. The second-order valence-electron chi connectivity index (χ2n) is 5.47. The zero-order chi connectivity index (χ0) is 14.7. The molecule has 0 aliphatic rings. The first kappa shape index (κ1) is 15.1. The molecule has 0 fully saturated rings. The maximum atomic E-state index is 6.07. The molecule has 0 aliphatic carbocycles. The van der Waals surface area contributed by atoms with Gasteiger partial charge >= 0.3 is 0 Å². The Balaban J connectivity index is 2.31. The second-order valence-corrected chi connectivity index (χ2v) is 5.90. The summed E-state index contributed by atoms with van der Waals surface area (Å²) in [6, 6.07) is 13.0. The van der Waals surface area contributed by atoms with Gasteiger partial charge in [0.1, 0.15) is 0 Å². The fourth-order valence-electron chi connectivity index (χ4n) is 2.63. The van der Waals surface area contributed by atoms with Crippen LogP contribution in [0.1, 0.15) is 33.9 Å². The van der Waals surface area contributed by atoms with E-state index in [2.05, 4.69) is 44.3 Å². The van der Waals surface area contributed by atoms with Gasteiger partial charge in [-0.05, 0) is 74.2 Å². The molecule has 0 amide bonds. The maximum absolute atomic E-state index is 6.07. The molecule has 2 rings (SSSR count). The number of halogens is 1. The highest BCUT2D eigenvalue weighted by molar-refractivity contribution is 6.30. The molecular weight excluding hydrogens is 266 g/mol. The van der Waals surface area contributed by atoms with Gasteiger partial charge in [0.05, 0.1) is 0 Å². The molecule has 2 aromatic rings. The Morgan fingerprint density at radius 2 is 1.70 bits per heavy atom. The number of hydrogen-bond acceptors (Lipinski definition) is 1. The highest BCUT2D eigenvalue weighted by atomic mass is 35.5. The summed E-state index contributed by atoms with van der Waals surface area (Å²) in [6.07, 6.45) is 0.945. The lowest BCUT2D eigenvalue weighted by Gasteiger charge is -2.20. The van der Waals surface area contributed by atoms with Crippen LogP contribution in [0.2, 0.25) is 5.02 Å². The first-order chi connectivity index (χ1) is 9.51. The van der Waals surface area contributed by atoms with Gasteiger partial charge in [-0.15, -0.1) is 0 Å². The van der Waals surface area contributed by atoms with Crippen LogP contribution in [-0.2, 0) is 6.42 Å². The molecule has 0 bridgehead atoms. The first-order valence-corrected chi connectivity index (χ1v) is 7.38. The summed E-state index contributed by atoms with van der Waals surface area (Å²) < 4.78 is 0. The molecule has 0 saturated heterocycles. The molecule has 0 spiro atoms. The van der Waals surface area contributed by atoms with E-state index in [-0.39, 0.29) is 0 Å². The van der Waals surface area contributed by atoms with Crippen molar-refractivity contribution in [2.24, 2.45) is 0 Å². The van der Waals surface area contributed by atoms with E-state index in [0.717, 1.165) is 11.4 Å². The molecule has 2 heteroatoms. The zero-order valence-electron chi connectivity index (χ0n) is 12.6. The smallest absolute Gasteiger partial charge is 0.0408 e. The summed E-state index contributed by atoms with van der Waals surface area (Å²) in [5.41, 5.74) is 6.67. The van der Waals surface area contributed by atoms with E-state index in [1.54, 1.807) is 0 Å². The van der Waals surface area contributed by atoms with Gasteiger partial charge in [-0.3, -0.25) is 0 Å². The van der Waals surface area contributed by atoms with Crippen LogP contribution in [0.3, 0.4) is 0 Å². The number of hydrogen-bond donors (Lipinski definition) is 1. The van der Waals surface area contributed by atoms with Gasteiger partial charge in [0.15, 0.2) is 0 Å². The van der Waals surface area contributed by atoms with E-state index >= 15 is 0 Å². The third kappa shape index (κ3) is 3.41. The molecule has 1 N–H and O–H groups in total. The predicted molar refractivity (Wildman–Crippen MR) is 87.6 cm³/mol. The molecule has 0 saturated carbocycles. The molecule has 1 nitrogen and oxygen atoms in total. The quantitative estimate of drug-likeness (QED) is 0.854. The van der Waals surface area contributed by atoms with Crippen LogP contribution >= 0.6 is 11.6 Å². The number of aryl methyl sites for hydroxylation is 3. The Bertz CT molecular complexity index is 604. The average Bonchev–Trinajstić information content (AvgIpc) is 2.40. The molecule has 0 aromatic heterocycles. The van der Waals surface area contributed by atoms with Gasteiger partial charge in [-0.25, -0.2) is 0 Å². The van der Waals surface area contributed by atoms with E-state index < -0.39 is 0 Å². The Morgan fingerprint density at radius 3 is 2.35 bits per heavy atom. The van der Waals surface area contributed by atoms with E-state index in [0.29, 0.717) is 6.04 Å². The Kier molecular flexibility index (Phi) is 4.85. The Labute approximate surface area is 127 Å². The summed E-state index contributed by atoms with van der Waals surface area (Å²) in [4.78, 5) is 0. The molecule has 1 unspecified atom stereocenters. The van der Waals surface area contributed by atoms with Crippen molar-refractivity contribution >= 4 is 11.6 Å². The second kappa shape index (κ2) is 6.43. The molecule has 0 heterocycles. The van der Waals surface area contributed by atoms with Gasteiger partial charge in [-0.2, -0.15) is 0 Å². The van der Waals surface area contributed by atoms with Crippen molar-refractivity contribution in [1.82, 2.24) is 5.32 Å². The fraction of sp³-hybridized carbons (Fsp3) is 0.333. The predicted octanol–water partition coefficient (Wildman–Crippen LogP) is 4.77.